The molecule has 164 valence electrons. The Morgan fingerprint density at radius 1 is 0.618 bits per heavy atom. The Morgan fingerprint density at radius 2 is 1.21 bits per heavy atom. The summed E-state index contributed by atoms with van der Waals surface area (Å²) < 4.78 is 0. The van der Waals surface area contributed by atoms with E-state index in [1.807, 2.05) is 43.0 Å². The smallest absolute Gasteiger partial charge is 0.0967 e. The van der Waals surface area contributed by atoms with E-state index in [0.717, 1.165) is 28.5 Å². The first-order chi connectivity index (χ1) is 16.8. The van der Waals surface area contributed by atoms with Gasteiger partial charge in [0.25, 0.3) is 0 Å². The van der Waals surface area contributed by atoms with E-state index in [0.29, 0.717) is 11.8 Å². The Labute approximate surface area is 197 Å². The van der Waals surface area contributed by atoms with Gasteiger partial charge in [0, 0.05) is 46.3 Å². The fourth-order valence-electron chi connectivity index (χ4n) is 6.02. The van der Waals surface area contributed by atoms with Crippen LogP contribution in [-0.4, -0.2) is 19.9 Å². The van der Waals surface area contributed by atoms with Crippen LogP contribution in [0.15, 0.2) is 85.5 Å². The third-order valence-corrected chi connectivity index (χ3v) is 7.53. The van der Waals surface area contributed by atoms with Gasteiger partial charge in [-0.05, 0) is 85.0 Å². The maximum Gasteiger partial charge on any atom is 0.0967 e. The first kappa shape index (κ1) is 19.5. The molecule has 0 N–H and O–H groups in total. The van der Waals surface area contributed by atoms with Crippen LogP contribution in [0.3, 0.4) is 0 Å². The molecule has 7 rings (SSSR count). The Bertz CT molecular complexity index is 1690. The predicted octanol–water partition coefficient (Wildman–Crippen LogP) is 7.01. The van der Waals surface area contributed by atoms with Gasteiger partial charge in [-0.25, -0.2) is 0 Å². The van der Waals surface area contributed by atoms with Crippen molar-refractivity contribution in [1.82, 2.24) is 19.9 Å². The van der Waals surface area contributed by atoms with Gasteiger partial charge in [-0.1, -0.05) is 24.3 Å². The van der Waals surface area contributed by atoms with Crippen molar-refractivity contribution in [2.75, 3.05) is 0 Å². The lowest BCUT2D eigenvalue weighted by molar-refractivity contribution is 0.538. The van der Waals surface area contributed by atoms with Gasteiger partial charge < -0.3 is 0 Å². The van der Waals surface area contributed by atoms with Crippen molar-refractivity contribution in [1.29, 1.82) is 0 Å². The van der Waals surface area contributed by atoms with Crippen molar-refractivity contribution in [2.45, 2.75) is 31.6 Å². The molecule has 2 unspecified atom stereocenters. The summed E-state index contributed by atoms with van der Waals surface area (Å²) in [6, 6.07) is 21.6. The number of fused-ring (bicyclic) bond motifs is 6. The fourth-order valence-corrected chi connectivity index (χ4v) is 6.02. The molecule has 0 saturated heterocycles. The molecule has 4 heterocycles. The van der Waals surface area contributed by atoms with Gasteiger partial charge in [0.05, 0.1) is 22.1 Å². The lowest BCUT2D eigenvalue weighted by atomic mass is 9.89. The molecule has 34 heavy (non-hydrogen) atoms. The topological polar surface area (TPSA) is 51.6 Å². The zero-order valence-electron chi connectivity index (χ0n) is 18.9. The van der Waals surface area contributed by atoms with Gasteiger partial charge in [-0.15, -0.1) is 0 Å². The van der Waals surface area contributed by atoms with E-state index in [1.165, 1.54) is 51.9 Å². The third-order valence-electron chi connectivity index (χ3n) is 7.53. The van der Waals surface area contributed by atoms with E-state index in [9.17, 15) is 0 Å². The molecule has 2 atom stereocenters. The average molecular weight is 441 g/mol. The minimum atomic E-state index is 0.549. The fraction of sp³-hybridized carbons (Fsp3) is 0.200. The number of hydrogen-bond donors (Lipinski definition) is 0. The standard InChI is InChI=1S/C30H24N4/c1-5-21-17-23(24-7-3-13-33-29(24)27(21)31-11-1)16-19-9-10-20(15-19)26-18-22-6-2-12-32-28(22)30-25(26)8-4-14-34-30/h1-8,11-14,17-20H,9-10,15-16H2. The lowest BCUT2D eigenvalue weighted by Crippen LogP contribution is -2.03. The molecular formula is C30H24N4. The van der Waals surface area contributed by atoms with Gasteiger partial charge in [0.15, 0.2) is 0 Å². The van der Waals surface area contributed by atoms with E-state index in [1.54, 1.807) is 0 Å². The van der Waals surface area contributed by atoms with Gasteiger partial charge in [0.2, 0.25) is 0 Å². The van der Waals surface area contributed by atoms with E-state index in [2.05, 4.69) is 52.4 Å². The number of nitrogens with zero attached hydrogens (tertiary/aromatic N) is 4. The van der Waals surface area contributed by atoms with Crippen molar-refractivity contribution >= 4 is 43.6 Å². The number of benzene rings is 2. The van der Waals surface area contributed by atoms with Crippen molar-refractivity contribution in [2.24, 2.45) is 5.92 Å². The maximum absolute atomic E-state index is 4.72. The van der Waals surface area contributed by atoms with Gasteiger partial charge in [-0.3, -0.25) is 19.9 Å². The summed E-state index contributed by atoms with van der Waals surface area (Å²) in [5.74, 6) is 1.20. The van der Waals surface area contributed by atoms with Gasteiger partial charge >= 0.3 is 0 Å². The molecule has 1 aliphatic carbocycles. The molecule has 0 bridgehead atoms. The quantitative estimate of drug-likeness (QED) is 0.278. The molecule has 4 aromatic heterocycles. The Hall–Kier alpha value is -3.92. The van der Waals surface area contributed by atoms with Crippen LogP contribution >= 0.6 is 0 Å². The zero-order valence-corrected chi connectivity index (χ0v) is 18.9. The molecule has 0 amide bonds. The van der Waals surface area contributed by atoms with Crippen LogP contribution in [0.25, 0.3) is 43.6 Å². The minimum absolute atomic E-state index is 0.549. The van der Waals surface area contributed by atoms with Crippen molar-refractivity contribution in [3.05, 3.63) is 96.6 Å². The molecule has 2 aromatic carbocycles. The minimum Gasteiger partial charge on any atom is -0.254 e. The molecule has 0 spiro atoms. The van der Waals surface area contributed by atoms with E-state index in [-0.39, 0.29) is 0 Å². The highest BCUT2D eigenvalue weighted by molar-refractivity contribution is 6.05. The number of hydrogen-bond acceptors (Lipinski definition) is 4. The number of pyridine rings is 4. The van der Waals surface area contributed by atoms with Crippen LogP contribution in [0.2, 0.25) is 0 Å². The summed E-state index contributed by atoms with van der Waals surface area (Å²) in [5, 5.41) is 4.86. The summed E-state index contributed by atoms with van der Waals surface area (Å²) >= 11 is 0. The summed E-state index contributed by atoms with van der Waals surface area (Å²) in [6.45, 7) is 0. The Balaban J connectivity index is 1.26. The lowest BCUT2D eigenvalue weighted by Gasteiger charge is -2.16. The van der Waals surface area contributed by atoms with E-state index in [4.69, 9.17) is 9.97 Å². The number of rotatable bonds is 3. The van der Waals surface area contributed by atoms with Crippen molar-refractivity contribution < 1.29 is 0 Å². The first-order valence-corrected chi connectivity index (χ1v) is 12.1. The Kier molecular flexibility index (Phi) is 4.51. The maximum atomic E-state index is 4.72. The molecular weight excluding hydrogens is 416 g/mol. The molecule has 4 nitrogen and oxygen atoms in total. The highest BCUT2D eigenvalue weighted by Crippen LogP contribution is 2.44. The second kappa shape index (κ2) is 7.84. The number of aromatic nitrogens is 4. The normalized spacial score (nSPS) is 18.4. The monoisotopic (exact) mass is 440 g/mol. The Morgan fingerprint density at radius 3 is 1.94 bits per heavy atom. The summed E-state index contributed by atoms with van der Waals surface area (Å²) in [5.41, 5.74) is 6.86. The second-order valence-electron chi connectivity index (χ2n) is 9.53. The van der Waals surface area contributed by atoms with Crippen LogP contribution < -0.4 is 0 Å². The summed E-state index contributed by atoms with van der Waals surface area (Å²) in [7, 11) is 0. The molecule has 4 heteroatoms. The molecule has 1 aliphatic rings. The largest absolute Gasteiger partial charge is 0.254 e. The SMILES string of the molecule is c1cnc2c(c1)cc(CC1CCC(c3cc4cccnc4c4ncccc34)C1)c1cccnc12. The second-order valence-corrected chi connectivity index (χ2v) is 9.53. The van der Waals surface area contributed by atoms with Gasteiger partial charge in [0.1, 0.15) is 0 Å². The molecule has 0 radical (unpaired) electrons. The molecule has 6 aromatic rings. The highest BCUT2D eigenvalue weighted by atomic mass is 14.7. The summed E-state index contributed by atoms with van der Waals surface area (Å²) in [6.07, 6.45) is 12.2. The highest BCUT2D eigenvalue weighted by Gasteiger charge is 2.28. The van der Waals surface area contributed by atoms with Gasteiger partial charge in [-0.2, -0.15) is 0 Å². The van der Waals surface area contributed by atoms with Crippen molar-refractivity contribution in [3.63, 3.8) is 0 Å². The van der Waals surface area contributed by atoms with Crippen LogP contribution in [0, 0.1) is 5.92 Å². The van der Waals surface area contributed by atoms with Crippen LogP contribution in [0.1, 0.15) is 36.3 Å². The third kappa shape index (κ3) is 3.13. The molecule has 1 fully saturated rings. The van der Waals surface area contributed by atoms with E-state index >= 15 is 0 Å². The summed E-state index contributed by atoms with van der Waals surface area (Å²) in [4.78, 5) is 18.7. The predicted molar refractivity (Wildman–Crippen MR) is 138 cm³/mol. The van der Waals surface area contributed by atoms with Crippen molar-refractivity contribution in [3.8, 4) is 0 Å². The van der Waals surface area contributed by atoms with E-state index < -0.39 is 0 Å². The van der Waals surface area contributed by atoms with Crippen LogP contribution in [-0.2, 0) is 6.42 Å². The first-order valence-electron chi connectivity index (χ1n) is 12.1. The average Bonchev–Trinajstić information content (AvgIpc) is 3.37. The van der Waals surface area contributed by atoms with Crippen LogP contribution in [0.4, 0.5) is 0 Å². The zero-order chi connectivity index (χ0) is 22.5. The molecule has 1 saturated carbocycles. The molecule has 0 aliphatic heterocycles. The van der Waals surface area contributed by atoms with Crippen LogP contribution in [0.5, 0.6) is 0 Å².